The molecule has 0 bridgehead atoms. The highest BCUT2D eigenvalue weighted by molar-refractivity contribution is 5.85. The van der Waals surface area contributed by atoms with E-state index in [9.17, 15) is 4.79 Å². The molecule has 1 amide bonds. The number of carbonyl (C=O) groups excluding carboxylic acids is 1. The van der Waals surface area contributed by atoms with E-state index in [-0.39, 0.29) is 12.5 Å². The normalized spacial score (nSPS) is 13.6. The van der Waals surface area contributed by atoms with Crippen LogP contribution in [0.5, 0.6) is 0 Å². The van der Waals surface area contributed by atoms with E-state index in [0.29, 0.717) is 12.5 Å². The van der Waals surface area contributed by atoms with Crippen molar-refractivity contribution in [2.45, 2.75) is 46.1 Å². The second-order valence-electron chi connectivity index (χ2n) is 4.65. The van der Waals surface area contributed by atoms with Gasteiger partial charge in [-0.2, -0.15) is 0 Å². The molecule has 1 atom stereocenters. The van der Waals surface area contributed by atoms with Crippen LogP contribution in [0.1, 0.15) is 40.5 Å². The summed E-state index contributed by atoms with van der Waals surface area (Å²) in [5.41, 5.74) is -0.522. The summed E-state index contributed by atoms with van der Waals surface area (Å²) in [5.74, 6) is 0.386. The van der Waals surface area contributed by atoms with Crippen LogP contribution in [0.2, 0.25) is 0 Å². The van der Waals surface area contributed by atoms with Crippen LogP contribution in [-0.2, 0) is 4.79 Å². The second kappa shape index (κ2) is 7.63. The number of aliphatic hydroxyl groups excluding tert-OH is 1. The molecule has 4 nitrogen and oxygen atoms in total. The summed E-state index contributed by atoms with van der Waals surface area (Å²) >= 11 is 0. The lowest BCUT2D eigenvalue weighted by Gasteiger charge is -2.25. The molecule has 4 heteroatoms. The molecule has 0 saturated carbocycles. The lowest BCUT2D eigenvalue weighted by Crippen LogP contribution is -2.53. The summed E-state index contributed by atoms with van der Waals surface area (Å²) in [7, 11) is 0. The summed E-state index contributed by atoms with van der Waals surface area (Å²) in [6.07, 6.45) is 1.72. The van der Waals surface area contributed by atoms with Gasteiger partial charge >= 0.3 is 0 Å². The summed E-state index contributed by atoms with van der Waals surface area (Å²) < 4.78 is 0. The van der Waals surface area contributed by atoms with Crippen molar-refractivity contribution in [2.24, 2.45) is 5.92 Å². The second-order valence-corrected chi connectivity index (χ2v) is 4.65. The number of nitrogens with one attached hydrogen (secondary N) is 2. The fourth-order valence-corrected chi connectivity index (χ4v) is 1.61. The van der Waals surface area contributed by atoms with E-state index in [2.05, 4.69) is 17.6 Å². The largest absolute Gasteiger partial charge is 0.396 e. The molecular weight excluding hydrogens is 204 g/mol. The maximum absolute atomic E-state index is 11.8. The Balaban J connectivity index is 4.04. The van der Waals surface area contributed by atoms with Crippen LogP contribution in [0.15, 0.2) is 0 Å². The van der Waals surface area contributed by atoms with E-state index in [1.165, 1.54) is 0 Å². The van der Waals surface area contributed by atoms with Gasteiger partial charge in [0.15, 0.2) is 0 Å². The van der Waals surface area contributed by atoms with Crippen molar-refractivity contribution in [1.82, 2.24) is 10.6 Å². The highest BCUT2D eigenvalue weighted by Gasteiger charge is 2.26. The van der Waals surface area contributed by atoms with Crippen molar-refractivity contribution in [2.75, 3.05) is 19.7 Å². The number of aliphatic hydroxyl groups is 1. The highest BCUT2D eigenvalue weighted by Crippen LogP contribution is 2.07. The van der Waals surface area contributed by atoms with Gasteiger partial charge in [-0.15, -0.1) is 0 Å². The molecule has 16 heavy (non-hydrogen) atoms. The van der Waals surface area contributed by atoms with Gasteiger partial charge in [-0.3, -0.25) is 4.79 Å². The Morgan fingerprint density at radius 1 is 1.38 bits per heavy atom. The fraction of sp³-hybridized carbons (Fsp3) is 0.917. The fourth-order valence-electron chi connectivity index (χ4n) is 1.61. The minimum absolute atomic E-state index is 0.0192. The molecule has 96 valence electrons. The third kappa shape index (κ3) is 5.47. The van der Waals surface area contributed by atoms with Crippen LogP contribution in [-0.4, -0.2) is 36.2 Å². The van der Waals surface area contributed by atoms with Gasteiger partial charge in [-0.05, 0) is 32.7 Å². The van der Waals surface area contributed by atoms with Gasteiger partial charge in [0.2, 0.25) is 5.91 Å². The van der Waals surface area contributed by atoms with Crippen molar-refractivity contribution in [1.29, 1.82) is 0 Å². The topological polar surface area (TPSA) is 61.4 Å². The summed E-state index contributed by atoms with van der Waals surface area (Å²) in [4.78, 5) is 11.8. The zero-order chi connectivity index (χ0) is 12.6. The lowest BCUT2D eigenvalue weighted by molar-refractivity contribution is -0.126. The summed E-state index contributed by atoms with van der Waals surface area (Å²) in [5, 5.41) is 14.9. The molecule has 0 aliphatic carbocycles. The van der Waals surface area contributed by atoms with E-state index in [0.717, 1.165) is 19.4 Å². The van der Waals surface area contributed by atoms with Crippen molar-refractivity contribution < 1.29 is 9.90 Å². The molecule has 0 aromatic heterocycles. The molecule has 0 aliphatic heterocycles. The molecule has 3 N–H and O–H groups in total. The average molecular weight is 230 g/mol. The number of hydrogen-bond acceptors (Lipinski definition) is 3. The number of carbonyl (C=O) groups is 1. The molecule has 0 aliphatic rings. The van der Waals surface area contributed by atoms with Crippen molar-refractivity contribution in [3.63, 3.8) is 0 Å². The van der Waals surface area contributed by atoms with E-state index < -0.39 is 5.54 Å². The molecular formula is C12H26N2O2. The molecule has 0 rings (SSSR count). The molecule has 1 unspecified atom stereocenters. The van der Waals surface area contributed by atoms with Gasteiger partial charge in [-0.1, -0.05) is 20.3 Å². The van der Waals surface area contributed by atoms with E-state index in [4.69, 9.17) is 5.11 Å². The Morgan fingerprint density at radius 2 is 2.00 bits per heavy atom. The zero-order valence-electron chi connectivity index (χ0n) is 11.0. The van der Waals surface area contributed by atoms with Crippen LogP contribution < -0.4 is 10.6 Å². The quantitative estimate of drug-likeness (QED) is 0.580. The first-order valence-corrected chi connectivity index (χ1v) is 6.12. The number of amides is 1. The minimum atomic E-state index is -0.522. The predicted molar refractivity (Wildman–Crippen MR) is 66.2 cm³/mol. The molecule has 0 radical (unpaired) electrons. The monoisotopic (exact) mass is 230 g/mol. The van der Waals surface area contributed by atoms with Gasteiger partial charge in [0, 0.05) is 13.2 Å². The summed E-state index contributed by atoms with van der Waals surface area (Å²) in [6.45, 7) is 9.40. The van der Waals surface area contributed by atoms with Crippen LogP contribution >= 0.6 is 0 Å². The Morgan fingerprint density at radius 3 is 2.44 bits per heavy atom. The molecule has 0 aromatic rings. The minimum Gasteiger partial charge on any atom is -0.396 e. The first-order chi connectivity index (χ1) is 7.47. The van der Waals surface area contributed by atoms with Crippen molar-refractivity contribution in [3.05, 3.63) is 0 Å². The van der Waals surface area contributed by atoms with Gasteiger partial charge in [-0.25, -0.2) is 0 Å². The maximum Gasteiger partial charge on any atom is 0.239 e. The molecule has 0 spiro atoms. The molecule has 0 heterocycles. The number of likely N-dealkylation sites (N-methyl/N-ethyl adjacent to an activating group) is 1. The van der Waals surface area contributed by atoms with E-state index >= 15 is 0 Å². The lowest BCUT2D eigenvalue weighted by atomic mass is 10.0. The van der Waals surface area contributed by atoms with E-state index in [1.54, 1.807) is 0 Å². The standard InChI is InChI=1S/C12H26N2O2/c1-5-10(7-8-15)9-13-11(16)12(3,4)14-6-2/h10,14-15H,5-9H2,1-4H3,(H,13,16). The first-order valence-electron chi connectivity index (χ1n) is 6.12. The van der Waals surface area contributed by atoms with Crippen LogP contribution in [0.25, 0.3) is 0 Å². The van der Waals surface area contributed by atoms with E-state index in [1.807, 2.05) is 20.8 Å². The SMILES string of the molecule is CCNC(C)(C)C(=O)NCC(CC)CCO. The molecule has 0 aromatic carbocycles. The zero-order valence-corrected chi connectivity index (χ0v) is 11.0. The number of rotatable bonds is 8. The maximum atomic E-state index is 11.8. The van der Waals surface area contributed by atoms with Gasteiger partial charge in [0.25, 0.3) is 0 Å². The smallest absolute Gasteiger partial charge is 0.239 e. The Bertz CT molecular complexity index is 205. The van der Waals surface area contributed by atoms with Gasteiger partial charge in [0.05, 0.1) is 5.54 Å². The van der Waals surface area contributed by atoms with Crippen molar-refractivity contribution in [3.8, 4) is 0 Å². The van der Waals surface area contributed by atoms with Crippen LogP contribution in [0.4, 0.5) is 0 Å². The first kappa shape index (κ1) is 15.4. The van der Waals surface area contributed by atoms with Gasteiger partial charge < -0.3 is 15.7 Å². The average Bonchev–Trinajstić information content (AvgIpc) is 2.23. The summed E-state index contributed by atoms with van der Waals surface area (Å²) in [6, 6.07) is 0. The molecule has 0 saturated heterocycles. The molecule has 0 fully saturated rings. The van der Waals surface area contributed by atoms with Gasteiger partial charge in [0.1, 0.15) is 0 Å². The third-order valence-electron chi connectivity index (χ3n) is 2.85. The van der Waals surface area contributed by atoms with Crippen LogP contribution in [0, 0.1) is 5.92 Å². The highest BCUT2D eigenvalue weighted by atomic mass is 16.3. The van der Waals surface area contributed by atoms with Crippen molar-refractivity contribution >= 4 is 5.91 Å². The predicted octanol–water partition coefficient (Wildman–Crippen LogP) is 0.899. The Labute approximate surface area is 98.8 Å². The number of hydrogen-bond donors (Lipinski definition) is 3. The van der Waals surface area contributed by atoms with Crippen LogP contribution in [0.3, 0.4) is 0 Å². The Hall–Kier alpha value is -0.610. The Kier molecular flexibility index (Phi) is 7.34. The third-order valence-corrected chi connectivity index (χ3v) is 2.85.